The number of carbonyl (C=O) groups excluding carboxylic acids is 1. The van der Waals surface area contributed by atoms with Gasteiger partial charge in [0.25, 0.3) is 0 Å². The van der Waals surface area contributed by atoms with Gasteiger partial charge in [-0.25, -0.2) is 4.98 Å². The summed E-state index contributed by atoms with van der Waals surface area (Å²) < 4.78 is 16.0. The molecule has 0 radical (unpaired) electrons. The average molecular weight is 410 g/mol. The number of hydrogen-bond acceptors (Lipinski definition) is 7. The third-order valence-corrected chi connectivity index (χ3v) is 4.33. The zero-order valence-electron chi connectivity index (χ0n) is 15.2. The second kappa shape index (κ2) is 8.70. The first kappa shape index (κ1) is 18.9. The van der Waals surface area contributed by atoms with Crippen molar-refractivity contribution in [2.45, 2.75) is 19.4 Å². The van der Waals surface area contributed by atoms with Crippen LogP contribution in [-0.2, 0) is 22.6 Å². The van der Waals surface area contributed by atoms with Crippen molar-refractivity contribution in [3.05, 3.63) is 77.6 Å². The second-order valence-electron chi connectivity index (χ2n) is 6.16. The van der Waals surface area contributed by atoms with Gasteiger partial charge in [-0.05, 0) is 24.3 Å². The van der Waals surface area contributed by atoms with E-state index in [9.17, 15) is 4.79 Å². The fourth-order valence-electron chi connectivity index (χ4n) is 2.61. The van der Waals surface area contributed by atoms with Gasteiger partial charge in [0, 0.05) is 22.6 Å². The molecule has 2 aromatic carbocycles. The Morgan fingerprint density at radius 1 is 1.00 bits per heavy atom. The molecule has 4 rings (SSSR count). The maximum absolute atomic E-state index is 12.0. The van der Waals surface area contributed by atoms with Crippen LogP contribution in [0.15, 0.2) is 69.7 Å². The summed E-state index contributed by atoms with van der Waals surface area (Å²) in [7, 11) is 0. The summed E-state index contributed by atoms with van der Waals surface area (Å²) in [6.45, 7) is -0.0362. The molecular weight excluding hydrogens is 394 g/mol. The maximum atomic E-state index is 12.0. The van der Waals surface area contributed by atoms with Crippen LogP contribution >= 0.6 is 11.6 Å². The lowest BCUT2D eigenvalue weighted by molar-refractivity contribution is -0.145. The maximum Gasteiger partial charge on any atom is 0.306 e. The molecule has 0 aliphatic heterocycles. The van der Waals surface area contributed by atoms with Crippen LogP contribution in [0.3, 0.4) is 0 Å². The lowest BCUT2D eigenvalue weighted by atomic mass is 10.2. The molecule has 8 heteroatoms. The number of aromatic nitrogens is 3. The van der Waals surface area contributed by atoms with E-state index in [1.807, 2.05) is 30.3 Å². The summed E-state index contributed by atoms with van der Waals surface area (Å²) in [6.07, 6.45) is 1.99. The van der Waals surface area contributed by atoms with E-state index in [2.05, 4.69) is 15.1 Å². The number of ether oxygens (including phenoxy) is 1. The third-order valence-electron chi connectivity index (χ3n) is 4.08. The van der Waals surface area contributed by atoms with E-state index in [0.29, 0.717) is 28.4 Å². The van der Waals surface area contributed by atoms with Gasteiger partial charge in [-0.1, -0.05) is 47.1 Å². The molecule has 0 spiro atoms. The molecule has 2 aromatic heterocycles. The van der Waals surface area contributed by atoms with Crippen molar-refractivity contribution in [1.82, 2.24) is 15.1 Å². The van der Waals surface area contributed by atoms with Gasteiger partial charge in [-0.2, -0.15) is 4.98 Å². The molecule has 4 aromatic rings. The highest BCUT2D eigenvalue weighted by Crippen LogP contribution is 2.21. The summed E-state index contributed by atoms with van der Waals surface area (Å²) in [5, 5.41) is 4.54. The number of halogens is 1. The fraction of sp³-hybridized carbons (Fsp3) is 0.143. The summed E-state index contributed by atoms with van der Waals surface area (Å²) in [6, 6.07) is 16.7. The molecule has 0 aliphatic rings. The van der Waals surface area contributed by atoms with Gasteiger partial charge in [-0.3, -0.25) is 4.79 Å². The zero-order chi connectivity index (χ0) is 20.1. The van der Waals surface area contributed by atoms with E-state index < -0.39 is 5.97 Å². The Hall–Kier alpha value is -3.45. The van der Waals surface area contributed by atoms with E-state index in [1.165, 1.54) is 0 Å². The molecule has 7 nitrogen and oxygen atoms in total. The molecule has 29 heavy (non-hydrogen) atoms. The molecule has 0 unspecified atom stereocenters. The van der Waals surface area contributed by atoms with Crippen molar-refractivity contribution in [3.63, 3.8) is 0 Å². The smallest absolute Gasteiger partial charge is 0.306 e. The van der Waals surface area contributed by atoms with Crippen molar-refractivity contribution in [1.29, 1.82) is 0 Å². The van der Waals surface area contributed by atoms with Crippen LogP contribution in [0.4, 0.5) is 0 Å². The number of rotatable bonds is 7. The second-order valence-corrected chi connectivity index (χ2v) is 6.60. The van der Waals surface area contributed by atoms with Crippen molar-refractivity contribution < 1.29 is 18.5 Å². The largest absolute Gasteiger partial charge is 0.456 e. The van der Waals surface area contributed by atoms with Crippen molar-refractivity contribution in [3.8, 4) is 22.7 Å². The number of esters is 1. The van der Waals surface area contributed by atoms with Crippen molar-refractivity contribution in [2.24, 2.45) is 0 Å². The molecule has 0 fully saturated rings. The molecule has 0 amide bonds. The molecule has 146 valence electrons. The van der Waals surface area contributed by atoms with Gasteiger partial charge in [0.15, 0.2) is 12.4 Å². The van der Waals surface area contributed by atoms with Crippen LogP contribution in [0, 0.1) is 0 Å². The Morgan fingerprint density at radius 3 is 2.59 bits per heavy atom. The summed E-state index contributed by atoms with van der Waals surface area (Å²) in [4.78, 5) is 20.4. The Bertz CT molecular complexity index is 1090. The number of hydrogen-bond donors (Lipinski definition) is 0. The molecule has 0 bridgehead atoms. The SMILES string of the molecule is O=C(CCc1nc(-c2ccc(Cl)cc2)no1)OCc1ncc(-c2ccccc2)o1. The van der Waals surface area contributed by atoms with Crippen LogP contribution in [0.5, 0.6) is 0 Å². The van der Waals surface area contributed by atoms with E-state index in [1.54, 1.807) is 30.5 Å². The van der Waals surface area contributed by atoms with Gasteiger partial charge in [-0.15, -0.1) is 0 Å². The lowest BCUT2D eigenvalue weighted by Gasteiger charge is -2.00. The molecular formula is C21H16ClN3O4. The number of benzene rings is 2. The van der Waals surface area contributed by atoms with Gasteiger partial charge >= 0.3 is 5.97 Å². The summed E-state index contributed by atoms with van der Waals surface area (Å²) >= 11 is 5.87. The third kappa shape index (κ3) is 4.89. The normalized spacial score (nSPS) is 10.8. The molecule has 0 N–H and O–H groups in total. The molecule has 0 atom stereocenters. The van der Waals surface area contributed by atoms with Gasteiger partial charge < -0.3 is 13.7 Å². The molecule has 0 saturated carbocycles. The Labute approximate surface area is 171 Å². The van der Waals surface area contributed by atoms with E-state index in [4.69, 9.17) is 25.3 Å². The van der Waals surface area contributed by atoms with E-state index in [0.717, 1.165) is 11.1 Å². The topological polar surface area (TPSA) is 91.2 Å². The van der Waals surface area contributed by atoms with Crippen LogP contribution in [0.25, 0.3) is 22.7 Å². The zero-order valence-corrected chi connectivity index (χ0v) is 16.0. The lowest BCUT2D eigenvalue weighted by Crippen LogP contribution is -2.06. The van der Waals surface area contributed by atoms with Crippen molar-refractivity contribution >= 4 is 17.6 Å². The Balaban J connectivity index is 1.27. The Kier molecular flexibility index (Phi) is 5.67. The number of aryl methyl sites for hydroxylation is 1. The molecule has 0 saturated heterocycles. The van der Waals surface area contributed by atoms with Crippen LogP contribution < -0.4 is 0 Å². The monoisotopic (exact) mass is 409 g/mol. The van der Waals surface area contributed by atoms with E-state index in [-0.39, 0.29) is 19.4 Å². The predicted octanol–water partition coefficient (Wildman–Crippen LogP) is 4.72. The minimum Gasteiger partial charge on any atom is -0.456 e. The summed E-state index contributed by atoms with van der Waals surface area (Å²) in [5.41, 5.74) is 1.69. The standard InChI is InChI=1S/C21H16ClN3O4/c22-16-8-6-15(7-9-16)21-24-18(29-25-21)10-11-20(26)27-13-19-23-12-17(28-19)14-4-2-1-3-5-14/h1-9,12H,10-11,13H2. The minimum absolute atomic E-state index is 0.0362. The number of carbonyl (C=O) groups is 1. The van der Waals surface area contributed by atoms with Gasteiger partial charge in [0.2, 0.25) is 17.6 Å². The van der Waals surface area contributed by atoms with Crippen LogP contribution in [0.1, 0.15) is 18.2 Å². The fourth-order valence-corrected chi connectivity index (χ4v) is 2.73. The highest BCUT2D eigenvalue weighted by molar-refractivity contribution is 6.30. The number of nitrogens with zero attached hydrogens (tertiary/aromatic N) is 3. The highest BCUT2D eigenvalue weighted by atomic mass is 35.5. The minimum atomic E-state index is -0.407. The van der Waals surface area contributed by atoms with Crippen LogP contribution in [0.2, 0.25) is 5.02 Å². The average Bonchev–Trinajstić information content (AvgIpc) is 3.42. The first-order valence-electron chi connectivity index (χ1n) is 8.91. The predicted molar refractivity (Wildman–Crippen MR) is 105 cm³/mol. The first-order chi connectivity index (χ1) is 14.2. The van der Waals surface area contributed by atoms with Gasteiger partial charge in [0.05, 0.1) is 12.6 Å². The quantitative estimate of drug-likeness (QED) is 0.408. The first-order valence-corrected chi connectivity index (χ1v) is 9.29. The highest BCUT2D eigenvalue weighted by Gasteiger charge is 2.13. The summed E-state index contributed by atoms with van der Waals surface area (Å²) in [5.74, 6) is 1.35. The molecule has 2 heterocycles. The van der Waals surface area contributed by atoms with Crippen LogP contribution in [-0.4, -0.2) is 21.1 Å². The number of oxazole rings is 1. The van der Waals surface area contributed by atoms with Gasteiger partial charge in [0.1, 0.15) is 0 Å². The molecule has 0 aliphatic carbocycles. The Morgan fingerprint density at radius 2 is 1.79 bits per heavy atom. The van der Waals surface area contributed by atoms with E-state index >= 15 is 0 Å². The van der Waals surface area contributed by atoms with Crippen molar-refractivity contribution in [2.75, 3.05) is 0 Å².